The topological polar surface area (TPSA) is 54.3 Å². The highest BCUT2D eigenvalue weighted by molar-refractivity contribution is 6.30. The van der Waals surface area contributed by atoms with Crippen LogP contribution < -0.4 is 5.32 Å². The fourth-order valence-electron chi connectivity index (χ4n) is 2.67. The Morgan fingerprint density at radius 1 is 1.26 bits per heavy atom. The van der Waals surface area contributed by atoms with E-state index in [1.165, 1.54) is 0 Å². The van der Waals surface area contributed by atoms with Gasteiger partial charge in [-0.25, -0.2) is 0 Å². The first-order valence-electron chi connectivity index (χ1n) is 7.32. The van der Waals surface area contributed by atoms with Crippen molar-refractivity contribution in [2.75, 3.05) is 6.54 Å². The van der Waals surface area contributed by atoms with Crippen LogP contribution >= 0.6 is 11.6 Å². The third-order valence-electron chi connectivity index (χ3n) is 3.83. The van der Waals surface area contributed by atoms with Crippen molar-refractivity contribution < 1.29 is 9.90 Å². The predicted octanol–water partition coefficient (Wildman–Crippen LogP) is 3.30. The molecule has 0 aliphatic heterocycles. The molecule has 3 aromatic rings. The zero-order chi connectivity index (χ0) is 16.4. The average Bonchev–Trinajstić information content (AvgIpc) is 2.90. The third-order valence-corrected chi connectivity index (χ3v) is 4.06. The van der Waals surface area contributed by atoms with E-state index in [-0.39, 0.29) is 12.5 Å². The molecule has 0 fully saturated rings. The van der Waals surface area contributed by atoms with E-state index < -0.39 is 6.10 Å². The second kappa shape index (κ2) is 6.44. The summed E-state index contributed by atoms with van der Waals surface area (Å²) in [5, 5.41) is 14.7. The van der Waals surface area contributed by atoms with Gasteiger partial charge in [0.05, 0.1) is 6.10 Å². The number of aliphatic hydroxyl groups is 1. The van der Waals surface area contributed by atoms with Crippen LogP contribution in [0.1, 0.15) is 22.0 Å². The number of aliphatic hydroxyl groups excluding tert-OH is 1. The molecule has 2 aromatic carbocycles. The lowest BCUT2D eigenvalue weighted by atomic mass is 10.1. The zero-order valence-electron chi connectivity index (χ0n) is 12.7. The van der Waals surface area contributed by atoms with E-state index in [9.17, 15) is 9.90 Å². The highest BCUT2D eigenvalue weighted by atomic mass is 35.5. The summed E-state index contributed by atoms with van der Waals surface area (Å²) in [6.45, 7) is 0.138. The Hall–Kier alpha value is -2.30. The molecular weight excluding hydrogens is 312 g/mol. The summed E-state index contributed by atoms with van der Waals surface area (Å²) in [7, 11) is 1.93. The molecule has 1 heterocycles. The predicted molar refractivity (Wildman–Crippen MR) is 91.7 cm³/mol. The van der Waals surface area contributed by atoms with Gasteiger partial charge >= 0.3 is 0 Å². The molecule has 0 aliphatic rings. The van der Waals surface area contributed by atoms with Gasteiger partial charge in [-0.3, -0.25) is 4.79 Å². The number of aryl methyl sites for hydroxylation is 1. The molecule has 4 nitrogen and oxygen atoms in total. The Bertz CT molecular complexity index is 857. The number of para-hydroxylation sites is 1. The highest BCUT2D eigenvalue weighted by Crippen LogP contribution is 2.25. The van der Waals surface area contributed by atoms with Gasteiger partial charge in [-0.05, 0) is 24.3 Å². The Morgan fingerprint density at radius 3 is 2.83 bits per heavy atom. The van der Waals surface area contributed by atoms with Gasteiger partial charge in [-0.1, -0.05) is 35.9 Å². The normalized spacial score (nSPS) is 12.3. The zero-order valence-corrected chi connectivity index (χ0v) is 13.4. The van der Waals surface area contributed by atoms with Gasteiger partial charge in [0, 0.05) is 46.8 Å². The largest absolute Gasteiger partial charge is 0.386 e. The smallest absolute Gasteiger partial charge is 0.251 e. The van der Waals surface area contributed by atoms with E-state index in [1.807, 2.05) is 42.1 Å². The van der Waals surface area contributed by atoms with Crippen molar-refractivity contribution in [1.29, 1.82) is 0 Å². The maximum atomic E-state index is 12.1. The lowest BCUT2D eigenvalue weighted by molar-refractivity contribution is 0.0917. The highest BCUT2D eigenvalue weighted by Gasteiger charge is 2.16. The number of carbonyl (C=O) groups is 1. The number of fused-ring (bicyclic) bond motifs is 1. The first-order valence-corrected chi connectivity index (χ1v) is 7.70. The van der Waals surface area contributed by atoms with Gasteiger partial charge in [-0.15, -0.1) is 0 Å². The Kier molecular flexibility index (Phi) is 4.37. The van der Waals surface area contributed by atoms with Gasteiger partial charge in [-0.2, -0.15) is 0 Å². The molecule has 0 unspecified atom stereocenters. The van der Waals surface area contributed by atoms with Crippen molar-refractivity contribution in [3.8, 4) is 0 Å². The average molecular weight is 329 g/mol. The Morgan fingerprint density at radius 2 is 2.04 bits per heavy atom. The van der Waals surface area contributed by atoms with Crippen LogP contribution in [0, 0.1) is 0 Å². The van der Waals surface area contributed by atoms with E-state index in [4.69, 9.17) is 11.6 Å². The van der Waals surface area contributed by atoms with Gasteiger partial charge in [0.1, 0.15) is 0 Å². The van der Waals surface area contributed by atoms with Crippen molar-refractivity contribution in [2.24, 2.45) is 7.05 Å². The van der Waals surface area contributed by atoms with Crippen LogP contribution in [0.3, 0.4) is 0 Å². The fourth-order valence-corrected chi connectivity index (χ4v) is 2.86. The minimum absolute atomic E-state index is 0.138. The Labute approximate surface area is 139 Å². The summed E-state index contributed by atoms with van der Waals surface area (Å²) in [5.41, 5.74) is 2.32. The van der Waals surface area contributed by atoms with E-state index in [1.54, 1.807) is 24.3 Å². The van der Waals surface area contributed by atoms with Gasteiger partial charge in [0.25, 0.3) is 5.91 Å². The maximum absolute atomic E-state index is 12.1. The number of aromatic nitrogens is 1. The van der Waals surface area contributed by atoms with Crippen LogP contribution in [0.25, 0.3) is 10.9 Å². The first-order chi connectivity index (χ1) is 11.1. The number of amides is 1. The SMILES string of the molecule is Cn1cc([C@H](O)CNC(=O)c2cccc(Cl)c2)c2ccccc21. The summed E-state index contributed by atoms with van der Waals surface area (Å²) >= 11 is 5.88. The number of nitrogens with one attached hydrogen (secondary N) is 1. The molecule has 23 heavy (non-hydrogen) atoms. The molecular formula is C18H17ClN2O2. The van der Waals surface area contributed by atoms with Crippen LogP contribution in [0.2, 0.25) is 5.02 Å². The van der Waals surface area contributed by atoms with Crippen LogP contribution in [-0.2, 0) is 7.05 Å². The van der Waals surface area contributed by atoms with E-state index in [0.29, 0.717) is 10.6 Å². The van der Waals surface area contributed by atoms with Crippen molar-refractivity contribution in [3.05, 3.63) is 70.9 Å². The molecule has 1 aromatic heterocycles. The monoisotopic (exact) mass is 328 g/mol. The number of benzene rings is 2. The van der Waals surface area contributed by atoms with E-state index in [0.717, 1.165) is 16.5 Å². The minimum atomic E-state index is -0.774. The molecule has 2 N–H and O–H groups in total. The molecule has 0 bridgehead atoms. The Balaban J connectivity index is 1.74. The van der Waals surface area contributed by atoms with Crippen LogP contribution in [0.15, 0.2) is 54.7 Å². The lowest BCUT2D eigenvalue weighted by Gasteiger charge is -2.11. The molecule has 0 saturated heterocycles. The quantitative estimate of drug-likeness (QED) is 0.772. The molecule has 0 radical (unpaired) electrons. The second-order valence-corrected chi connectivity index (χ2v) is 5.89. The molecule has 1 amide bonds. The third kappa shape index (κ3) is 3.23. The molecule has 1 atom stereocenters. The number of hydrogen-bond donors (Lipinski definition) is 2. The summed E-state index contributed by atoms with van der Waals surface area (Å²) < 4.78 is 1.96. The van der Waals surface area contributed by atoms with Gasteiger partial charge in [0.2, 0.25) is 0 Å². The summed E-state index contributed by atoms with van der Waals surface area (Å²) in [6, 6.07) is 14.6. The fraction of sp³-hybridized carbons (Fsp3) is 0.167. The summed E-state index contributed by atoms with van der Waals surface area (Å²) in [4.78, 5) is 12.1. The van der Waals surface area contributed by atoms with Crippen molar-refractivity contribution in [3.63, 3.8) is 0 Å². The second-order valence-electron chi connectivity index (χ2n) is 5.45. The molecule has 0 saturated carbocycles. The van der Waals surface area contributed by atoms with Crippen molar-refractivity contribution >= 4 is 28.4 Å². The molecule has 5 heteroatoms. The molecule has 0 spiro atoms. The van der Waals surface area contributed by atoms with Crippen LogP contribution in [0.4, 0.5) is 0 Å². The molecule has 0 aliphatic carbocycles. The van der Waals surface area contributed by atoms with Crippen LogP contribution in [0.5, 0.6) is 0 Å². The van der Waals surface area contributed by atoms with E-state index >= 15 is 0 Å². The van der Waals surface area contributed by atoms with Crippen LogP contribution in [-0.4, -0.2) is 22.1 Å². The number of nitrogens with zero attached hydrogens (tertiary/aromatic N) is 1. The standard InChI is InChI=1S/C18H17ClN2O2/c1-21-11-15(14-7-2-3-8-16(14)21)17(22)10-20-18(23)12-5-4-6-13(19)9-12/h2-9,11,17,22H,10H2,1H3,(H,20,23)/t17-/m1/s1. The lowest BCUT2D eigenvalue weighted by Crippen LogP contribution is -2.28. The minimum Gasteiger partial charge on any atom is -0.386 e. The maximum Gasteiger partial charge on any atom is 0.251 e. The first kappa shape index (κ1) is 15.6. The van der Waals surface area contributed by atoms with Crippen molar-refractivity contribution in [2.45, 2.75) is 6.10 Å². The van der Waals surface area contributed by atoms with Crippen molar-refractivity contribution in [1.82, 2.24) is 9.88 Å². The number of halogens is 1. The molecule has 3 rings (SSSR count). The van der Waals surface area contributed by atoms with Gasteiger partial charge in [0.15, 0.2) is 0 Å². The van der Waals surface area contributed by atoms with Gasteiger partial charge < -0.3 is 15.0 Å². The number of rotatable bonds is 4. The molecule has 118 valence electrons. The number of carbonyl (C=O) groups excluding carboxylic acids is 1. The number of hydrogen-bond acceptors (Lipinski definition) is 2. The summed E-state index contributed by atoms with van der Waals surface area (Å²) in [5.74, 6) is -0.258. The summed E-state index contributed by atoms with van der Waals surface area (Å²) in [6.07, 6.45) is 1.12. The van der Waals surface area contributed by atoms with E-state index in [2.05, 4.69) is 5.32 Å².